The molecule has 0 saturated carbocycles. The van der Waals surface area contributed by atoms with Gasteiger partial charge < -0.3 is 4.74 Å². The Bertz CT molecular complexity index is 361. The highest BCUT2D eigenvalue weighted by Gasteiger charge is 2.15. The van der Waals surface area contributed by atoms with Crippen LogP contribution in [0.2, 0.25) is 0 Å². The minimum atomic E-state index is -0.459. The minimum Gasteiger partial charge on any atom is -0.464 e. The topological polar surface area (TPSA) is 52.1 Å². The molecule has 0 amide bonds. The van der Waals surface area contributed by atoms with E-state index in [1.54, 1.807) is 18.0 Å². The van der Waals surface area contributed by atoms with Crippen molar-refractivity contribution in [3.8, 4) is 0 Å². The van der Waals surface area contributed by atoms with Crippen LogP contribution in [0.5, 0.6) is 0 Å². The molecule has 1 rings (SSSR count). The molecule has 0 unspecified atom stereocenters. The van der Waals surface area contributed by atoms with E-state index in [1.165, 1.54) is 13.3 Å². The second kappa shape index (κ2) is 4.61. The van der Waals surface area contributed by atoms with Gasteiger partial charge in [-0.3, -0.25) is 4.98 Å². The van der Waals surface area contributed by atoms with Gasteiger partial charge in [0.1, 0.15) is 5.03 Å². The van der Waals surface area contributed by atoms with E-state index in [4.69, 9.17) is 0 Å². The summed E-state index contributed by atoms with van der Waals surface area (Å²) in [6.07, 6.45) is 3.04. The lowest BCUT2D eigenvalue weighted by molar-refractivity contribution is 0.0592. The molecule has 0 spiro atoms. The molecule has 1 aromatic rings. The summed E-state index contributed by atoms with van der Waals surface area (Å²) >= 11 is 1.56. The summed E-state index contributed by atoms with van der Waals surface area (Å²) < 4.78 is 4.62. The number of carbonyl (C=O) groups excluding carboxylic acids is 1. The van der Waals surface area contributed by atoms with Gasteiger partial charge in [-0.1, -0.05) is 32.5 Å². The number of nitrogens with zero attached hydrogens (tertiary/aromatic N) is 2. The third-order valence-electron chi connectivity index (χ3n) is 1.42. The van der Waals surface area contributed by atoms with Crippen LogP contribution in [0, 0.1) is 0 Å². The molecule has 0 radical (unpaired) electrons. The van der Waals surface area contributed by atoms with Crippen molar-refractivity contribution in [3.63, 3.8) is 0 Å². The fraction of sp³-hybridized carbons (Fsp3) is 0.500. The zero-order valence-electron chi connectivity index (χ0n) is 9.27. The molecule has 15 heavy (non-hydrogen) atoms. The Hall–Kier alpha value is -1.10. The molecule has 0 aliphatic carbocycles. The lowest BCUT2D eigenvalue weighted by Gasteiger charge is -2.16. The maximum Gasteiger partial charge on any atom is 0.358 e. The van der Waals surface area contributed by atoms with Gasteiger partial charge in [-0.15, -0.1) is 0 Å². The minimum absolute atomic E-state index is 0.0451. The maximum atomic E-state index is 11.2. The summed E-state index contributed by atoms with van der Waals surface area (Å²) in [5.74, 6) is -0.459. The van der Waals surface area contributed by atoms with Crippen molar-refractivity contribution in [2.24, 2.45) is 0 Å². The molecule has 0 aliphatic heterocycles. The molecule has 1 heterocycles. The van der Waals surface area contributed by atoms with Crippen molar-refractivity contribution in [2.75, 3.05) is 7.11 Å². The largest absolute Gasteiger partial charge is 0.464 e. The number of aromatic nitrogens is 2. The second-order valence-corrected chi connectivity index (χ2v) is 5.80. The highest BCUT2D eigenvalue weighted by atomic mass is 32.2. The Morgan fingerprint density at radius 3 is 2.60 bits per heavy atom. The molecule has 5 heteroatoms. The van der Waals surface area contributed by atoms with E-state index in [1.807, 2.05) is 0 Å². The number of rotatable bonds is 2. The highest BCUT2D eigenvalue weighted by molar-refractivity contribution is 8.00. The first-order chi connectivity index (χ1) is 6.92. The Balaban J connectivity index is 2.88. The highest BCUT2D eigenvalue weighted by Crippen LogP contribution is 2.29. The number of methoxy groups -OCH3 is 1. The number of thioether (sulfide) groups is 1. The number of carbonyl (C=O) groups is 1. The Morgan fingerprint density at radius 1 is 1.40 bits per heavy atom. The monoisotopic (exact) mass is 226 g/mol. The van der Waals surface area contributed by atoms with Crippen molar-refractivity contribution in [1.82, 2.24) is 9.97 Å². The SMILES string of the molecule is COC(=O)c1cncc(SC(C)(C)C)n1. The van der Waals surface area contributed by atoms with E-state index in [0.717, 1.165) is 5.03 Å². The van der Waals surface area contributed by atoms with Crippen molar-refractivity contribution >= 4 is 17.7 Å². The molecule has 0 aliphatic rings. The molecule has 0 atom stereocenters. The van der Waals surface area contributed by atoms with E-state index in [2.05, 4.69) is 35.5 Å². The van der Waals surface area contributed by atoms with Crippen LogP contribution in [-0.2, 0) is 4.74 Å². The fourth-order valence-corrected chi connectivity index (χ4v) is 1.80. The molecule has 1 aromatic heterocycles. The molecule has 4 nitrogen and oxygen atoms in total. The van der Waals surface area contributed by atoms with Gasteiger partial charge in [0.05, 0.1) is 19.5 Å². The van der Waals surface area contributed by atoms with Crippen molar-refractivity contribution < 1.29 is 9.53 Å². The fourth-order valence-electron chi connectivity index (χ4n) is 0.914. The van der Waals surface area contributed by atoms with E-state index in [-0.39, 0.29) is 10.4 Å². The molecular weight excluding hydrogens is 212 g/mol. The third-order valence-corrected chi connectivity index (χ3v) is 2.44. The van der Waals surface area contributed by atoms with Crippen LogP contribution in [0.3, 0.4) is 0 Å². The van der Waals surface area contributed by atoms with Crippen molar-refractivity contribution in [3.05, 3.63) is 18.1 Å². The van der Waals surface area contributed by atoms with Crippen molar-refractivity contribution in [1.29, 1.82) is 0 Å². The summed E-state index contributed by atoms with van der Waals surface area (Å²) in [6, 6.07) is 0. The Labute approximate surface area is 93.5 Å². The summed E-state index contributed by atoms with van der Waals surface area (Å²) in [5, 5.41) is 0.727. The zero-order chi connectivity index (χ0) is 11.5. The molecule has 82 valence electrons. The predicted molar refractivity (Wildman–Crippen MR) is 59.0 cm³/mol. The standard InChI is InChI=1S/C10H14N2O2S/c1-10(2,3)15-8-6-11-5-7(12-8)9(13)14-4/h5-6H,1-4H3. The van der Waals surface area contributed by atoms with Gasteiger partial charge >= 0.3 is 5.97 Å². The van der Waals surface area contributed by atoms with Gasteiger partial charge in [0.15, 0.2) is 5.69 Å². The Kier molecular flexibility index (Phi) is 3.68. The lowest BCUT2D eigenvalue weighted by atomic mass is 10.3. The third kappa shape index (κ3) is 3.87. The van der Waals surface area contributed by atoms with Crippen LogP contribution in [-0.4, -0.2) is 27.8 Å². The summed E-state index contributed by atoms with van der Waals surface area (Å²) in [5.41, 5.74) is 0.242. The predicted octanol–water partition coefficient (Wildman–Crippen LogP) is 2.15. The van der Waals surface area contributed by atoms with E-state index >= 15 is 0 Å². The first kappa shape index (κ1) is 12.0. The number of esters is 1. The molecule has 0 bridgehead atoms. The molecule has 0 N–H and O–H groups in total. The van der Waals surface area contributed by atoms with Crippen LogP contribution in [0.4, 0.5) is 0 Å². The van der Waals surface area contributed by atoms with Gasteiger partial charge in [-0.25, -0.2) is 9.78 Å². The molecular formula is C10H14N2O2S. The van der Waals surface area contributed by atoms with Crippen LogP contribution in [0.15, 0.2) is 17.4 Å². The number of hydrogen-bond donors (Lipinski definition) is 0. The first-order valence-corrected chi connectivity index (χ1v) is 5.33. The molecule has 0 saturated heterocycles. The summed E-state index contributed by atoms with van der Waals surface area (Å²) in [4.78, 5) is 19.3. The quantitative estimate of drug-likeness (QED) is 0.571. The average molecular weight is 226 g/mol. The van der Waals surface area contributed by atoms with Crippen LogP contribution < -0.4 is 0 Å². The van der Waals surface area contributed by atoms with Gasteiger partial charge in [0.25, 0.3) is 0 Å². The first-order valence-electron chi connectivity index (χ1n) is 4.52. The van der Waals surface area contributed by atoms with Gasteiger partial charge in [0.2, 0.25) is 0 Å². The molecule has 0 aromatic carbocycles. The van der Waals surface area contributed by atoms with Crippen LogP contribution >= 0.6 is 11.8 Å². The molecule has 0 fully saturated rings. The van der Waals surface area contributed by atoms with Crippen LogP contribution in [0.1, 0.15) is 31.3 Å². The van der Waals surface area contributed by atoms with Gasteiger partial charge in [-0.2, -0.15) is 0 Å². The normalized spacial score (nSPS) is 11.2. The van der Waals surface area contributed by atoms with E-state index in [0.29, 0.717) is 0 Å². The second-order valence-electron chi connectivity index (χ2n) is 3.95. The average Bonchev–Trinajstić information content (AvgIpc) is 2.14. The summed E-state index contributed by atoms with van der Waals surface area (Å²) in [7, 11) is 1.33. The number of ether oxygens (including phenoxy) is 1. The van der Waals surface area contributed by atoms with Gasteiger partial charge in [-0.05, 0) is 0 Å². The lowest BCUT2D eigenvalue weighted by Crippen LogP contribution is -2.10. The van der Waals surface area contributed by atoms with Gasteiger partial charge in [0, 0.05) is 4.75 Å². The van der Waals surface area contributed by atoms with Crippen LogP contribution in [0.25, 0.3) is 0 Å². The zero-order valence-corrected chi connectivity index (χ0v) is 10.1. The van der Waals surface area contributed by atoms with E-state index in [9.17, 15) is 4.79 Å². The smallest absolute Gasteiger partial charge is 0.358 e. The maximum absolute atomic E-state index is 11.2. The number of hydrogen-bond acceptors (Lipinski definition) is 5. The van der Waals surface area contributed by atoms with Crippen molar-refractivity contribution in [2.45, 2.75) is 30.5 Å². The summed E-state index contributed by atoms with van der Waals surface area (Å²) in [6.45, 7) is 6.22. The van der Waals surface area contributed by atoms with E-state index < -0.39 is 5.97 Å². The Morgan fingerprint density at radius 2 is 2.07 bits per heavy atom.